The number of unbranched alkanes of at least 4 members (excludes halogenated alkanes) is 2. The van der Waals surface area contributed by atoms with Crippen LogP contribution in [0.5, 0.6) is 0 Å². The van der Waals surface area contributed by atoms with Gasteiger partial charge in [-0.15, -0.1) is 0 Å². The Labute approximate surface area is 110 Å². The first-order valence-corrected chi connectivity index (χ1v) is 6.23. The molecule has 1 aromatic heterocycles. The quantitative estimate of drug-likeness (QED) is 0.820. The van der Waals surface area contributed by atoms with Crippen LogP contribution >= 0.6 is 0 Å². The van der Waals surface area contributed by atoms with Gasteiger partial charge in [0.15, 0.2) is 11.6 Å². The zero-order valence-electron chi connectivity index (χ0n) is 10.8. The molecule has 2 N–H and O–H groups in total. The monoisotopic (exact) mass is 269 g/mol. The van der Waals surface area contributed by atoms with E-state index in [9.17, 15) is 8.78 Å². The average Bonchev–Trinajstić information content (AvgIpc) is 2.71. The number of anilines is 1. The summed E-state index contributed by atoms with van der Waals surface area (Å²) in [5.41, 5.74) is 6.28. The zero-order chi connectivity index (χ0) is 13.8. The van der Waals surface area contributed by atoms with E-state index in [1.807, 2.05) is 0 Å². The SMILES string of the molecule is COCCCCCn1c(N)nc2ccc(F)c(F)c21. The molecule has 0 fully saturated rings. The van der Waals surface area contributed by atoms with Gasteiger partial charge in [-0.25, -0.2) is 13.8 Å². The molecule has 4 nitrogen and oxygen atoms in total. The lowest BCUT2D eigenvalue weighted by atomic mass is 10.2. The Hall–Kier alpha value is -1.69. The van der Waals surface area contributed by atoms with Crippen molar-refractivity contribution in [2.75, 3.05) is 19.5 Å². The number of aromatic nitrogens is 2. The van der Waals surface area contributed by atoms with E-state index >= 15 is 0 Å². The molecular weight excluding hydrogens is 252 g/mol. The van der Waals surface area contributed by atoms with Crippen LogP contribution in [0.4, 0.5) is 14.7 Å². The largest absolute Gasteiger partial charge is 0.385 e. The van der Waals surface area contributed by atoms with Crippen LogP contribution in [0.15, 0.2) is 12.1 Å². The van der Waals surface area contributed by atoms with Gasteiger partial charge in [0.1, 0.15) is 5.52 Å². The van der Waals surface area contributed by atoms with E-state index in [1.165, 1.54) is 10.6 Å². The summed E-state index contributed by atoms with van der Waals surface area (Å²) >= 11 is 0. The standard InChI is InChI=1S/C13H17F2N3O/c1-19-8-4-2-3-7-18-12-10(17-13(18)16)6-5-9(14)11(12)15/h5-6H,2-4,7-8H2,1H3,(H2,16,17). The smallest absolute Gasteiger partial charge is 0.201 e. The summed E-state index contributed by atoms with van der Waals surface area (Å²) in [5.74, 6) is -1.56. The van der Waals surface area contributed by atoms with Gasteiger partial charge in [-0.05, 0) is 31.4 Å². The van der Waals surface area contributed by atoms with Crippen molar-refractivity contribution in [3.63, 3.8) is 0 Å². The number of nitrogens with zero attached hydrogens (tertiary/aromatic N) is 2. The minimum Gasteiger partial charge on any atom is -0.385 e. The van der Waals surface area contributed by atoms with Gasteiger partial charge in [-0.3, -0.25) is 0 Å². The molecule has 0 radical (unpaired) electrons. The first-order valence-electron chi connectivity index (χ1n) is 6.23. The van der Waals surface area contributed by atoms with Crippen LogP contribution in [0, 0.1) is 11.6 Å². The number of fused-ring (bicyclic) bond motifs is 1. The molecule has 0 amide bonds. The number of methoxy groups -OCH3 is 1. The summed E-state index contributed by atoms with van der Waals surface area (Å²) in [6.07, 6.45) is 2.68. The number of ether oxygens (including phenoxy) is 1. The van der Waals surface area contributed by atoms with Gasteiger partial charge in [0.05, 0.1) is 5.52 Å². The highest BCUT2D eigenvalue weighted by atomic mass is 19.2. The van der Waals surface area contributed by atoms with Crippen molar-refractivity contribution in [3.05, 3.63) is 23.8 Å². The first-order chi connectivity index (χ1) is 9.15. The fourth-order valence-corrected chi connectivity index (χ4v) is 2.09. The van der Waals surface area contributed by atoms with E-state index in [2.05, 4.69) is 4.98 Å². The first kappa shape index (κ1) is 13.7. The molecule has 0 aliphatic rings. The van der Waals surface area contributed by atoms with E-state index in [0.717, 1.165) is 25.3 Å². The third kappa shape index (κ3) is 2.84. The van der Waals surface area contributed by atoms with Crippen LogP contribution in [-0.2, 0) is 11.3 Å². The minimum absolute atomic E-state index is 0.143. The van der Waals surface area contributed by atoms with E-state index in [0.29, 0.717) is 18.7 Å². The van der Waals surface area contributed by atoms with Crippen molar-refractivity contribution < 1.29 is 13.5 Å². The number of nitrogen functional groups attached to an aromatic ring is 1. The van der Waals surface area contributed by atoms with Crippen LogP contribution in [-0.4, -0.2) is 23.3 Å². The molecule has 2 rings (SSSR count). The second kappa shape index (κ2) is 5.97. The van der Waals surface area contributed by atoms with Crippen molar-refractivity contribution in [2.45, 2.75) is 25.8 Å². The number of hydrogen-bond donors (Lipinski definition) is 1. The maximum Gasteiger partial charge on any atom is 0.201 e. The maximum atomic E-state index is 13.8. The van der Waals surface area contributed by atoms with Crippen molar-refractivity contribution in [2.24, 2.45) is 0 Å². The highest BCUT2D eigenvalue weighted by Gasteiger charge is 2.15. The molecule has 1 aromatic carbocycles. The molecule has 2 aromatic rings. The van der Waals surface area contributed by atoms with E-state index in [1.54, 1.807) is 7.11 Å². The molecule has 0 aliphatic heterocycles. The van der Waals surface area contributed by atoms with E-state index in [4.69, 9.17) is 10.5 Å². The van der Waals surface area contributed by atoms with Gasteiger partial charge < -0.3 is 15.0 Å². The predicted molar refractivity (Wildman–Crippen MR) is 69.8 cm³/mol. The highest BCUT2D eigenvalue weighted by molar-refractivity contribution is 5.79. The zero-order valence-corrected chi connectivity index (χ0v) is 10.8. The lowest BCUT2D eigenvalue weighted by Gasteiger charge is -2.07. The summed E-state index contributed by atoms with van der Waals surface area (Å²) in [4.78, 5) is 4.04. The number of imidazole rings is 1. The molecule has 0 aliphatic carbocycles. The van der Waals surface area contributed by atoms with Crippen molar-refractivity contribution in [1.29, 1.82) is 0 Å². The number of rotatable bonds is 6. The number of nitrogens with two attached hydrogens (primary N) is 1. The number of hydrogen-bond acceptors (Lipinski definition) is 3. The van der Waals surface area contributed by atoms with Crippen LogP contribution in [0.2, 0.25) is 0 Å². The van der Waals surface area contributed by atoms with E-state index in [-0.39, 0.29) is 11.5 Å². The summed E-state index contributed by atoms with van der Waals surface area (Å²) < 4.78 is 33.5. The molecule has 0 atom stereocenters. The topological polar surface area (TPSA) is 53.1 Å². The fourth-order valence-electron chi connectivity index (χ4n) is 2.09. The van der Waals surface area contributed by atoms with Gasteiger partial charge in [0.25, 0.3) is 0 Å². The Morgan fingerprint density at radius 3 is 2.79 bits per heavy atom. The Bertz CT molecular complexity index is 569. The molecular formula is C13H17F2N3O. The molecule has 0 spiro atoms. The summed E-state index contributed by atoms with van der Waals surface area (Å²) in [6, 6.07) is 2.50. The number of aryl methyl sites for hydroxylation is 1. The Morgan fingerprint density at radius 2 is 2.05 bits per heavy atom. The van der Waals surface area contributed by atoms with Gasteiger partial charge in [-0.1, -0.05) is 0 Å². The van der Waals surface area contributed by atoms with E-state index < -0.39 is 11.6 Å². The molecule has 6 heteroatoms. The lowest BCUT2D eigenvalue weighted by Crippen LogP contribution is -2.05. The molecule has 0 unspecified atom stereocenters. The van der Waals surface area contributed by atoms with Gasteiger partial charge in [0.2, 0.25) is 5.95 Å². The van der Waals surface area contributed by atoms with Gasteiger partial charge in [0, 0.05) is 20.3 Å². The third-order valence-electron chi connectivity index (χ3n) is 3.06. The third-order valence-corrected chi connectivity index (χ3v) is 3.06. The van der Waals surface area contributed by atoms with Gasteiger partial charge in [-0.2, -0.15) is 0 Å². The van der Waals surface area contributed by atoms with Crippen LogP contribution in [0.1, 0.15) is 19.3 Å². The van der Waals surface area contributed by atoms with Gasteiger partial charge >= 0.3 is 0 Å². The number of halogens is 2. The molecule has 19 heavy (non-hydrogen) atoms. The molecule has 1 heterocycles. The lowest BCUT2D eigenvalue weighted by molar-refractivity contribution is 0.191. The van der Waals surface area contributed by atoms with Crippen molar-refractivity contribution in [3.8, 4) is 0 Å². The molecule has 0 bridgehead atoms. The normalized spacial score (nSPS) is 11.3. The Balaban J connectivity index is 2.17. The summed E-state index contributed by atoms with van der Waals surface area (Å²) in [7, 11) is 1.65. The minimum atomic E-state index is -0.890. The van der Waals surface area contributed by atoms with Crippen LogP contribution in [0.25, 0.3) is 11.0 Å². The van der Waals surface area contributed by atoms with Crippen molar-refractivity contribution in [1.82, 2.24) is 9.55 Å². The Morgan fingerprint density at radius 1 is 1.26 bits per heavy atom. The summed E-state index contributed by atoms with van der Waals surface area (Å²) in [6.45, 7) is 1.22. The molecule has 104 valence electrons. The Kier molecular flexibility index (Phi) is 4.31. The second-order valence-electron chi connectivity index (χ2n) is 4.40. The highest BCUT2D eigenvalue weighted by Crippen LogP contribution is 2.23. The average molecular weight is 269 g/mol. The fraction of sp³-hybridized carbons (Fsp3) is 0.462. The van der Waals surface area contributed by atoms with Crippen LogP contribution < -0.4 is 5.73 Å². The summed E-state index contributed by atoms with van der Waals surface area (Å²) in [5, 5.41) is 0. The maximum absolute atomic E-state index is 13.8. The second-order valence-corrected chi connectivity index (χ2v) is 4.40. The predicted octanol–water partition coefficient (Wildman–Crippen LogP) is 2.71. The molecule has 0 saturated carbocycles. The molecule has 0 saturated heterocycles. The van der Waals surface area contributed by atoms with Crippen molar-refractivity contribution >= 4 is 17.0 Å². The number of benzene rings is 1. The van der Waals surface area contributed by atoms with Crippen LogP contribution in [0.3, 0.4) is 0 Å².